The highest BCUT2D eigenvalue weighted by molar-refractivity contribution is 5.79. The monoisotopic (exact) mass is 438 g/mol. The van der Waals surface area contributed by atoms with Crippen LogP contribution < -0.4 is 10.6 Å². The standard InChI is InChI=1S/C25H30N2O5/c1-3-17(13-24(29)30)27-23(28)12-16(2)14-26-25(31)32-15-22-20-10-6-4-8-18(20)19-9-5-7-11-21(19)22/h4-11,16-17,22H,3,12-15H2,1-2H3,(H,26,31)(H,27,28)(H,29,30). The molecule has 7 heteroatoms. The molecule has 32 heavy (non-hydrogen) atoms. The predicted molar refractivity (Wildman–Crippen MR) is 121 cm³/mol. The first-order chi connectivity index (χ1) is 15.4. The normalized spacial score (nSPS) is 14.1. The second-order valence-corrected chi connectivity index (χ2v) is 8.29. The minimum Gasteiger partial charge on any atom is -0.481 e. The summed E-state index contributed by atoms with van der Waals surface area (Å²) >= 11 is 0. The molecule has 3 rings (SSSR count). The van der Waals surface area contributed by atoms with E-state index in [0.717, 1.165) is 11.1 Å². The van der Waals surface area contributed by atoms with E-state index in [1.165, 1.54) is 11.1 Å². The van der Waals surface area contributed by atoms with Crippen molar-refractivity contribution in [3.05, 3.63) is 59.7 Å². The van der Waals surface area contributed by atoms with Gasteiger partial charge in [0.1, 0.15) is 6.61 Å². The van der Waals surface area contributed by atoms with Crippen LogP contribution in [0.3, 0.4) is 0 Å². The number of nitrogens with one attached hydrogen (secondary N) is 2. The number of amides is 2. The Balaban J connectivity index is 1.46. The molecule has 1 aliphatic carbocycles. The molecule has 2 aromatic carbocycles. The van der Waals surface area contributed by atoms with E-state index in [1.54, 1.807) is 0 Å². The Morgan fingerprint density at radius 3 is 2.16 bits per heavy atom. The molecule has 7 nitrogen and oxygen atoms in total. The zero-order valence-corrected chi connectivity index (χ0v) is 18.5. The van der Waals surface area contributed by atoms with Gasteiger partial charge in [0.2, 0.25) is 5.91 Å². The molecular formula is C25H30N2O5. The quantitative estimate of drug-likeness (QED) is 0.521. The lowest BCUT2D eigenvalue weighted by Gasteiger charge is -2.18. The highest BCUT2D eigenvalue weighted by atomic mass is 16.5. The van der Waals surface area contributed by atoms with E-state index >= 15 is 0 Å². The van der Waals surface area contributed by atoms with Gasteiger partial charge in [0.25, 0.3) is 0 Å². The number of carbonyl (C=O) groups excluding carboxylic acids is 2. The Kier molecular flexibility index (Phi) is 7.87. The Morgan fingerprint density at radius 1 is 1.00 bits per heavy atom. The van der Waals surface area contributed by atoms with Crippen molar-refractivity contribution in [3.8, 4) is 11.1 Å². The van der Waals surface area contributed by atoms with Crippen molar-refractivity contribution in [2.45, 2.75) is 45.1 Å². The van der Waals surface area contributed by atoms with Crippen LogP contribution in [0.4, 0.5) is 4.79 Å². The summed E-state index contributed by atoms with van der Waals surface area (Å²) in [6, 6.07) is 15.9. The van der Waals surface area contributed by atoms with Crippen LogP contribution in [0.15, 0.2) is 48.5 Å². The van der Waals surface area contributed by atoms with Crippen LogP contribution >= 0.6 is 0 Å². The Labute approximate surface area is 188 Å². The number of hydrogen-bond acceptors (Lipinski definition) is 4. The van der Waals surface area contributed by atoms with Crippen molar-refractivity contribution in [3.63, 3.8) is 0 Å². The number of carboxylic acids is 1. The Bertz CT molecular complexity index is 929. The lowest BCUT2D eigenvalue weighted by atomic mass is 9.98. The number of aliphatic carboxylic acids is 1. The van der Waals surface area contributed by atoms with Crippen LogP contribution in [0, 0.1) is 5.92 Å². The number of hydrogen-bond donors (Lipinski definition) is 3. The summed E-state index contributed by atoms with van der Waals surface area (Å²) in [6.07, 6.45) is 0.121. The number of ether oxygens (including phenoxy) is 1. The summed E-state index contributed by atoms with van der Waals surface area (Å²) in [5.74, 6) is -1.28. The van der Waals surface area contributed by atoms with Gasteiger partial charge < -0.3 is 20.5 Å². The molecule has 2 amide bonds. The molecule has 2 atom stereocenters. The van der Waals surface area contributed by atoms with E-state index in [2.05, 4.69) is 34.9 Å². The van der Waals surface area contributed by atoms with Crippen LogP contribution in [0.25, 0.3) is 11.1 Å². The molecule has 3 N–H and O–H groups in total. The molecule has 0 bridgehead atoms. The molecule has 0 spiro atoms. The number of carboxylic acid groups (broad SMARTS) is 1. The van der Waals surface area contributed by atoms with Gasteiger partial charge in [-0.05, 0) is 34.6 Å². The molecule has 1 aliphatic rings. The van der Waals surface area contributed by atoms with Crippen molar-refractivity contribution in [2.75, 3.05) is 13.2 Å². The predicted octanol–water partition coefficient (Wildman–Crippen LogP) is 3.92. The van der Waals surface area contributed by atoms with E-state index in [-0.39, 0.29) is 43.2 Å². The molecule has 2 unspecified atom stereocenters. The summed E-state index contributed by atoms with van der Waals surface area (Å²) in [5.41, 5.74) is 4.65. The highest BCUT2D eigenvalue weighted by Gasteiger charge is 2.29. The fourth-order valence-electron chi connectivity index (χ4n) is 4.09. The third-order valence-electron chi connectivity index (χ3n) is 5.75. The maximum Gasteiger partial charge on any atom is 0.407 e. The van der Waals surface area contributed by atoms with E-state index in [9.17, 15) is 14.4 Å². The van der Waals surface area contributed by atoms with Crippen molar-refractivity contribution < 1.29 is 24.2 Å². The van der Waals surface area contributed by atoms with Gasteiger partial charge >= 0.3 is 12.1 Å². The number of fused-ring (bicyclic) bond motifs is 3. The van der Waals surface area contributed by atoms with E-state index in [1.807, 2.05) is 38.1 Å². The van der Waals surface area contributed by atoms with Gasteiger partial charge in [-0.15, -0.1) is 0 Å². The largest absolute Gasteiger partial charge is 0.481 e. The molecule has 0 radical (unpaired) electrons. The van der Waals surface area contributed by atoms with Gasteiger partial charge in [0.05, 0.1) is 6.42 Å². The second-order valence-electron chi connectivity index (χ2n) is 8.29. The maximum absolute atomic E-state index is 12.3. The summed E-state index contributed by atoms with van der Waals surface area (Å²) in [5, 5.41) is 14.3. The van der Waals surface area contributed by atoms with Gasteiger partial charge in [-0.25, -0.2) is 4.79 Å². The average Bonchev–Trinajstić information content (AvgIpc) is 3.09. The molecule has 0 aromatic heterocycles. The third-order valence-corrected chi connectivity index (χ3v) is 5.75. The number of rotatable bonds is 10. The first kappa shape index (κ1) is 23.3. The molecule has 0 fully saturated rings. The Hall–Kier alpha value is -3.35. The summed E-state index contributed by atoms with van der Waals surface area (Å²) in [4.78, 5) is 35.2. The average molecular weight is 439 g/mol. The van der Waals surface area contributed by atoms with E-state index in [4.69, 9.17) is 9.84 Å². The first-order valence-electron chi connectivity index (χ1n) is 11.0. The zero-order valence-electron chi connectivity index (χ0n) is 18.5. The Morgan fingerprint density at radius 2 is 1.59 bits per heavy atom. The molecule has 0 saturated heterocycles. The topological polar surface area (TPSA) is 105 Å². The summed E-state index contributed by atoms with van der Waals surface area (Å²) in [7, 11) is 0. The van der Waals surface area contributed by atoms with Crippen LogP contribution in [0.5, 0.6) is 0 Å². The van der Waals surface area contributed by atoms with Crippen molar-refractivity contribution in [1.29, 1.82) is 0 Å². The minimum atomic E-state index is -0.942. The van der Waals surface area contributed by atoms with Crippen LogP contribution in [0.1, 0.15) is 50.2 Å². The van der Waals surface area contributed by atoms with Gasteiger partial charge in [0, 0.05) is 24.9 Å². The van der Waals surface area contributed by atoms with Gasteiger partial charge in [-0.3, -0.25) is 9.59 Å². The SMILES string of the molecule is CCC(CC(=O)O)NC(=O)CC(C)CNC(=O)OCC1c2ccccc2-c2ccccc21. The molecule has 170 valence electrons. The number of carbonyl (C=O) groups is 3. The van der Waals surface area contributed by atoms with E-state index < -0.39 is 12.1 Å². The fourth-order valence-corrected chi connectivity index (χ4v) is 4.09. The number of benzene rings is 2. The third kappa shape index (κ3) is 5.87. The molecule has 0 saturated carbocycles. The summed E-state index contributed by atoms with van der Waals surface area (Å²) in [6.45, 7) is 4.21. The first-order valence-corrected chi connectivity index (χ1v) is 11.0. The maximum atomic E-state index is 12.3. The molecule has 0 aliphatic heterocycles. The number of alkyl carbamates (subject to hydrolysis) is 1. The molecule has 0 heterocycles. The van der Waals surface area contributed by atoms with Crippen LogP contribution in [-0.2, 0) is 14.3 Å². The van der Waals surface area contributed by atoms with Crippen molar-refractivity contribution in [2.24, 2.45) is 5.92 Å². The van der Waals surface area contributed by atoms with Crippen molar-refractivity contribution >= 4 is 18.0 Å². The minimum absolute atomic E-state index is 0.00318. The second kappa shape index (κ2) is 10.8. The highest BCUT2D eigenvalue weighted by Crippen LogP contribution is 2.44. The summed E-state index contributed by atoms with van der Waals surface area (Å²) < 4.78 is 5.50. The lowest BCUT2D eigenvalue weighted by Crippen LogP contribution is -2.38. The van der Waals surface area contributed by atoms with Gasteiger partial charge in [-0.2, -0.15) is 0 Å². The zero-order chi connectivity index (χ0) is 23.1. The van der Waals surface area contributed by atoms with Crippen LogP contribution in [0.2, 0.25) is 0 Å². The fraction of sp³-hybridized carbons (Fsp3) is 0.400. The smallest absolute Gasteiger partial charge is 0.407 e. The van der Waals surface area contributed by atoms with Gasteiger partial charge in [-0.1, -0.05) is 62.4 Å². The van der Waals surface area contributed by atoms with Crippen LogP contribution in [-0.4, -0.2) is 42.3 Å². The van der Waals surface area contributed by atoms with Gasteiger partial charge in [0.15, 0.2) is 0 Å². The molecular weight excluding hydrogens is 408 g/mol. The lowest BCUT2D eigenvalue weighted by molar-refractivity contribution is -0.137. The van der Waals surface area contributed by atoms with Crippen molar-refractivity contribution in [1.82, 2.24) is 10.6 Å². The van der Waals surface area contributed by atoms with E-state index in [0.29, 0.717) is 13.0 Å². The molecule has 2 aromatic rings.